The molecule has 0 radical (unpaired) electrons. The third-order valence-corrected chi connectivity index (χ3v) is 4.46. The van der Waals surface area contributed by atoms with E-state index in [4.69, 9.17) is 23.2 Å². The molecule has 0 spiro atoms. The zero-order valence-corrected chi connectivity index (χ0v) is 13.5. The van der Waals surface area contributed by atoms with Crippen LogP contribution in [-0.2, 0) is 9.59 Å². The molecule has 0 bridgehead atoms. The van der Waals surface area contributed by atoms with Crippen LogP contribution < -0.4 is 0 Å². The van der Waals surface area contributed by atoms with E-state index in [0.29, 0.717) is 35.0 Å². The first kappa shape index (κ1) is 17.1. The minimum atomic E-state index is -1.41. The molecule has 0 aliphatic carbocycles. The van der Waals surface area contributed by atoms with Crippen molar-refractivity contribution in [3.05, 3.63) is 33.8 Å². The van der Waals surface area contributed by atoms with E-state index in [1.54, 1.807) is 6.92 Å². The Bertz CT molecular complexity index is 573. The lowest BCUT2D eigenvalue weighted by molar-refractivity contribution is -0.153. The molecule has 1 aliphatic heterocycles. The van der Waals surface area contributed by atoms with Crippen molar-refractivity contribution in [1.29, 1.82) is 0 Å². The predicted molar refractivity (Wildman–Crippen MR) is 83.0 cm³/mol. The van der Waals surface area contributed by atoms with Gasteiger partial charge in [0, 0.05) is 22.6 Å². The van der Waals surface area contributed by atoms with Crippen molar-refractivity contribution in [3.8, 4) is 0 Å². The summed E-state index contributed by atoms with van der Waals surface area (Å²) < 4.78 is 0. The Kier molecular flexibility index (Phi) is 5.32. The first-order chi connectivity index (χ1) is 10.3. The minimum absolute atomic E-state index is 0.298. The van der Waals surface area contributed by atoms with E-state index in [9.17, 15) is 19.8 Å². The van der Waals surface area contributed by atoms with Crippen molar-refractivity contribution < 1.29 is 19.8 Å². The highest BCUT2D eigenvalue weighted by molar-refractivity contribution is 6.34. The second-order valence-corrected chi connectivity index (χ2v) is 6.34. The van der Waals surface area contributed by atoms with Crippen LogP contribution in [0.4, 0.5) is 0 Å². The summed E-state index contributed by atoms with van der Waals surface area (Å²) in [6, 6.07) is 3.98. The molecule has 2 rings (SSSR count). The van der Waals surface area contributed by atoms with Crippen molar-refractivity contribution in [1.82, 2.24) is 4.90 Å². The van der Waals surface area contributed by atoms with Gasteiger partial charge in [-0.15, -0.1) is 0 Å². The zero-order chi connectivity index (χ0) is 16.4. The Hall–Kier alpha value is -1.30. The van der Waals surface area contributed by atoms with E-state index in [0.717, 1.165) is 0 Å². The first-order valence-electron chi connectivity index (χ1n) is 6.98. The molecule has 0 aromatic heterocycles. The number of hydrogen-bond donors (Lipinski definition) is 2. The summed E-state index contributed by atoms with van der Waals surface area (Å²) in [5, 5.41) is 20.1. The Morgan fingerprint density at radius 1 is 1.27 bits per heavy atom. The normalized spacial score (nSPS) is 23.2. The average Bonchev–Trinajstić information content (AvgIpc) is 2.44. The summed E-state index contributed by atoms with van der Waals surface area (Å²) in [4.78, 5) is 25.1. The number of aliphatic carboxylic acids is 1. The quantitative estimate of drug-likeness (QED) is 0.882. The average molecular weight is 346 g/mol. The number of likely N-dealkylation sites (tertiary alicyclic amines) is 1. The van der Waals surface area contributed by atoms with Gasteiger partial charge in [0.15, 0.2) is 6.10 Å². The van der Waals surface area contributed by atoms with Crippen LogP contribution in [0.2, 0.25) is 10.0 Å². The molecule has 1 aromatic carbocycles. The number of amides is 1. The molecule has 120 valence electrons. The molecular weight excluding hydrogens is 329 g/mol. The standard InChI is InChI=1S/C15H17Cl2NO4/c1-8-12(15(21)22)3-2-4-18(8)14(20)13(19)9-5-10(16)7-11(17)6-9/h5-8,12-13,19H,2-4H2,1H3,(H,21,22)/t8-,12-,13?/m1/s1. The number of rotatable bonds is 3. The molecule has 1 aliphatic rings. The summed E-state index contributed by atoms with van der Waals surface area (Å²) in [5.41, 5.74) is 0.298. The molecule has 0 saturated carbocycles. The summed E-state index contributed by atoms with van der Waals surface area (Å²) in [5.74, 6) is -2.07. The topological polar surface area (TPSA) is 77.8 Å². The van der Waals surface area contributed by atoms with E-state index in [1.165, 1.54) is 23.1 Å². The van der Waals surface area contributed by atoms with Crippen LogP contribution in [0, 0.1) is 5.92 Å². The monoisotopic (exact) mass is 345 g/mol. The van der Waals surface area contributed by atoms with Crippen molar-refractivity contribution in [2.45, 2.75) is 31.9 Å². The highest BCUT2D eigenvalue weighted by atomic mass is 35.5. The zero-order valence-electron chi connectivity index (χ0n) is 12.0. The summed E-state index contributed by atoms with van der Waals surface area (Å²) >= 11 is 11.8. The number of piperidine rings is 1. The number of carboxylic acid groups (broad SMARTS) is 1. The minimum Gasteiger partial charge on any atom is -0.481 e. The van der Waals surface area contributed by atoms with E-state index < -0.39 is 29.9 Å². The Balaban J connectivity index is 2.20. The predicted octanol–water partition coefficient (Wildman–Crippen LogP) is 2.74. The maximum Gasteiger partial charge on any atom is 0.308 e. The second-order valence-electron chi connectivity index (χ2n) is 5.46. The third-order valence-electron chi connectivity index (χ3n) is 4.02. The fraction of sp³-hybridized carbons (Fsp3) is 0.467. The molecule has 1 heterocycles. The highest BCUT2D eigenvalue weighted by Crippen LogP contribution is 2.29. The summed E-state index contributed by atoms with van der Waals surface area (Å²) in [6.45, 7) is 2.11. The SMILES string of the molecule is C[C@@H]1[C@H](C(=O)O)CCCN1C(=O)C(O)c1cc(Cl)cc(Cl)c1. The van der Waals surface area contributed by atoms with E-state index in [-0.39, 0.29) is 0 Å². The number of aliphatic hydroxyl groups is 1. The molecule has 3 atom stereocenters. The lowest BCUT2D eigenvalue weighted by atomic mass is 9.89. The van der Waals surface area contributed by atoms with Crippen molar-refractivity contribution in [2.75, 3.05) is 6.54 Å². The first-order valence-corrected chi connectivity index (χ1v) is 7.74. The number of hydrogen-bond acceptors (Lipinski definition) is 3. The fourth-order valence-corrected chi connectivity index (χ4v) is 3.36. The molecule has 7 heteroatoms. The maximum atomic E-state index is 12.5. The van der Waals surface area contributed by atoms with Crippen LogP contribution in [0.1, 0.15) is 31.4 Å². The van der Waals surface area contributed by atoms with Crippen LogP contribution in [0.15, 0.2) is 18.2 Å². The van der Waals surface area contributed by atoms with Crippen molar-refractivity contribution in [3.63, 3.8) is 0 Å². The smallest absolute Gasteiger partial charge is 0.308 e. The third kappa shape index (κ3) is 3.54. The van der Waals surface area contributed by atoms with Gasteiger partial charge in [-0.05, 0) is 43.5 Å². The molecule has 1 unspecified atom stereocenters. The summed E-state index contributed by atoms with van der Waals surface area (Å²) in [7, 11) is 0. The largest absolute Gasteiger partial charge is 0.481 e. The van der Waals surface area contributed by atoms with Crippen molar-refractivity contribution >= 4 is 35.1 Å². The van der Waals surface area contributed by atoms with Crippen LogP contribution >= 0.6 is 23.2 Å². The van der Waals surface area contributed by atoms with Crippen LogP contribution in [-0.4, -0.2) is 39.6 Å². The van der Waals surface area contributed by atoms with Gasteiger partial charge in [0.2, 0.25) is 0 Å². The van der Waals surface area contributed by atoms with E-state index >= 15 is 0 Å². The lowest BCUT2D eigenvalue weighted by Crippen LogP contribution is -2.50. The molecule has 1 saturated heterocycles. The Morgan fingerprint density at radius 2 is 1.86 bits per heavy atom. The van der Waals surface area contributed by atoms with E-state index in [1.807, 2.05) is 0 Å². The lowest BCUT2D eigenvalue weighted by Gasteiger charge is -2.38. The second kappa shape index (κ2) is 6.86. The molecule has 1 aromatic rings. The van der Waals surface area contributed by atoms with Gasteiger partial charge < -0.3 is 15.1 Å². The van der Waals surface area contributed by atoms with Gasteiger partial charge in [-0.2, -0.15) is 0 Å². The van der Waals surface area contributed by atoms with Crippen molar-refractivity contribution in [2.24, 2.45) is 5.92 Å². The Morgan fingerprint density at radius 3 is 2.41 bits per heavy atom. The highest BCUT2D eigenvalue weighted by Gasteiger charge is 2.37. The molecule has 1 fully saturated rings. The Labute approximate surface area is 138 Å². The summed E-state index contributed by atoms with van der Waals surface area (Å²) in [6.07, 6.45) is -0.290. The number of carbonyl (C=O) groups is 2. The number of benzene rings is 1. The maximum absolute atomic E-state index is 12.5. The number of carbonyl (C=O) groups excluding carboxylic acids is 1. The van der Waals surface area contributed by atoms with Crippen LogP contribution in [0.5, 0.6) is 0 Å². The number of halogens is 2. The van der Waals surface area contributed by atoms with Gasteiger partial charge in [0.1, 0.15) is 0 Å². The fourth-order valence-electron chi connectivity index (χ4n) is 2.82. The van der Waals surface area contributed by atoms with Gasteiger partial charge in [0.25, 0.3) is 5.91 Å². The molecule has 1 amide bonds. The van der Waals surface area contributed by atoms with Crippen LogP contribution in [0.25, 0.3) is 0 Å². The van der Waals surface area contributed by atoms with Gasteiger partial charge >= 0.3 is 5.97 Å². The van der Waals surface area contributed by atoms with Gasteiger partial charge in [-0.1, -0.05) is 23.2 Å². The number of aliphatic hydroxyl groups excluding tert-OH is 1. The van der Waals surface area contributed by atoms with Gasteiger partial charge in [0.05, 0.1) is 5.92 Å². The molecule has 2 N–H and O–H groups in total. The van der Waals surface area contributed by atoms with Crippen LogP contribution in [0.3, 0.4) is 0 Å². The van der Waals surface area contributed by atoms with Gasteiger partial charge in [-0.3, -0.25) is 9.59 Å². The number of nitrogens with zero attached hydrogens (tertiary/aromatic N) is 1. The molecule has 22 heavy (non-hydrogen) atoms. The molecular formula is C15H17Cl2NO4. The number of carboxylic acids is 1. The van der Waals surface area contributed by atoms with E-state index in [2.05, 4.69) is 0 Å². The molecule has 5 nitrogen and oxygen atoms in total. The van der Waals surface area contributed by atoms with Gasteiger partial charge in [-0.25, -0.2) is 0 Å².